The third-order valence-corrected chi connectivity index (χ3v) is 4.55. The number of nitrogens with zero attached hydrogens (tertiary/aromatic N) is 1. The highest BCUT2D eigenvalue weighted by atomic mass is 16.5. The van der Waals surface area contributed by atoms with Crippen LogP contribution in [-0.2, 0) is 16.1 Å². The first-order valence-electron chi connectivity index (χ1n) is 8.65. The minimum Gasteiger partial charge on any atom is -0.494 e. The molecule has 1 aromatic carbocycles. The van der Waals surface area contributed by atoms with Gasteiger partial charge in [0.25, 0.3) is 0 Å². The van der Waals surface area contributed by atoms with Gasteiger partial charge in [-0.1, -0.05) is 31.6 Å². The molecule has 2 aliphatic heterocycles. The fraction of sp³-hybridized carbons (Fsp3) is 0.474. The number of benzene rings is 1. The van der Waals surface area contributed by atoms with Crippen LogP contribution in [-0.4, -0.2) is 35.8 Å². The summed E-state index contributed by atoms with van der Waals surface area (Å²) in [5.74, 6) is 0.626. The molecule has 5 nitrogen and oxygen atoms in total. The Bertz CT molecular complexity index is 624. The van der Waals surface area contributed by atoms with Crippen LogP contribution in [0.15, 0.2) is 36.5 Å². The van der Waals surface area contributed by atoms with Crippen LogP contribution in [0.1, 0.15) is 31.7 Å². The summed E-state index contributed by atoms with van der Waals surface area (Å²) < 4.78 is 5.67. The van der Waals surface area contributed by atoms with E-state index in [2.05, 4.69) is 12.2 Å². The van der Waals surface area contributed by atoms with Crippen LogP contribution in [0.5, 0.6) is 5.75 Å². The zero-order chi connectivity index (χ0) is 16.9. The van der Waals surface area contributed by atoms with E-state index < -0.39 is 6.04 Å². The maximum absolute atomic E-state index is 12.3. The summed E-state index contributed by atoms with van der Waals surface area (Å²) in [5, 5.41) is 2.84. The summed E-state index contributed by atoms with van der Waals surface area (Å²) in [6.45, 7) is 3.91. The second-order valence-electron chi connectivity index (χ2n) is 6.34. The van der Waals surface area contributed by atoms with E-state index in [-0.39, 0.29) is 17.6 Å². The third-order valence-electron chi connectivity index (χ3n) is 4.55. The van der Waals surface area contributed by atoms with Gasteiger partial charge >= 0.3 is 0 Å². The van der Waals surface area contributed by atoms with Gasteiger partial charge in [0.15, 0.2) is 0 Å². The number of hydrogen-bond donors (Lipinski definition) is 1. The Morgan fingerprint density at radius 1 is 1.25 bits per heavy atom. The molecule has 0 aromatic heterocycles. The predicted octanol–water partition coefficient (Wildman–Crippen LogP) is 2.27. The molecule has 0 spiro atoms. The van der Waals surface area contributed by atoms with Crippen LogP contribution in [0.4, 0.5) is 0 Å². The molecular weight excluding hydrogens is 304 g/mol. The van der Waals surface area contributed by atoms with Gasteiger partial charge in [0, 0.05) is 19.5 Å². The lowest BCUT2D eigenvalue weighted by molar-refractivity contribution is -0.129. The summed E-state index contributed by atoms with van der Waals surface area (Å²) in [7, 11) is 0. The average molecular weight is 328 g/mol. The van der Waals surface area contributed by atoms with Crippen molar-refractivity contribution >= 4 is 11.7 Å². The van der Waals surface area contributed by atoms with E-state index in [4.69, 9.17) is 4.74 Å². The number of hydrogen-bond acceptors (Lipinski definition) is 4. The Kier molecular flexibility index (Phi) is 5.18. The molecule has 1 fully saturated rings. The second-order valence-corrected chi connectivity index (χ2v) is 6.34. The van der Waals surface area contributed by atoms with E-state index in [0.29, 0.717) is 19.5 Å². The Hall–Kier alpha value is -2.30. The number of nitrogens with one attached hydrogen (secondary N) is 1. The monoisotopic (exact) mass is 328 g/mol. The summed E-state index contributed by atoms with van der Waals surface area (Å²) in [6.07, 6.45) is 6.31. The molecule has 1 amide bonds. The fourth-order valence-electron chi connectivity index (χ4n) is 3.17. The summed E-state index contributed by atoms with van der Waals surface area (Å²) in [5.41, 5.74) is 1.09. The first-order chi connectivity index (χ1) is 11.7. The van der Waals surface area contributed by atoms with Gasteiger partial charge in [0.05, 0.1) is 12.5 Å². The van der Waals surface area contributed by atoms with E-state index in [0.717, 1.165) is 30.8 Å². The first-order valence-corrected chi connectivity index (χ1v) is 8.65. The number of carbonyl (C=O) groups excluding carboxylic acids is 2. The molecule has 24 heavy (non-hydrogen) atoms. The van der Waals surface area contributed by atoms with Crippen LogP contribution < -0.4 is 10.1 Å². The van der Waals surface area contributed by atoms with Crippen LogP contribution in [0.25, 0.3) is 0 Å². The van der Waals surface area contributed by atoms with Crippen LogP contribution >= 0.6 is 0 Å². The lowest BCUT2D eigenvalue weighted by atomic mass is 9.96. The molecule has 0 saturated carbocycles. The lowest BCUT2D eigenvalue weighted by Crippen LogP contribution is -2.44. The third kappa shape index (κ3) is 3.61. The molecule has 0 aliphatic carbocycles. The zero-order valence-corrected chi connectivity index (χ0v) is 14.0. The molecule has 0 bridgehead atoms. The van der Waals surface area contributed by atoms with Gasteiger partial charge in [-0.25, -0.2) is 0 Å². The summed E-state index contributed by atoms with van der Waals surface area (Å²) >= 11 is 0. The zero-order valence-electron chi connectivity index (χ0n) is 14.0. The van der Waals surface area contributed by atoms with Gasteiger partial charge in [-0.3, -0.25) is 9.59 Å². The standard InChI is InChI=1S/C19H24N2O3/c1-2-3-12-24-15-6-4-14(5-7-15)13-21-11-9-16-17(22)8-10-20-19(23)18(16)21/h4-7,9,11,16,18H,2-3,8,10,12-13H2,1H3,(H,20,23). The number of carbonyl (C=O) groups is 2. The summed E-state index contributed by atoms with van der Waals surface area (Å²) in [4.78, 5) is 26.4. The molecule has 2 atom stereocenters. The van der Waals surface area contributed by atoms with E-state index in [9.17, 15) is 9.59 Å². The Balaban J connectivity index is 1.64. The lowest BCUT2D eigenvalue weighted by Gasteiger charge is -2.26. The molecule has 128 valence electrons. The molecular formula is C19H24N2O3. The van der Waals surface area contributed by atoms with Gasteiger partial charge in [0.2, 0.25) is 5.91 Å². The number of amides is 1. The number of ether oxygens (including phenoxy) is 1. The van der Waals surface area contributed by atoms with Crippen LogP contribution in [0.2, 0.25) is 0 Å². The molecule has 2 aliphatic rings. The van der Waals surface area contributed by atoms with Crippen molar-refractivity contribution in [3.63, 3.8) is 0 Å². The molecule has 5 heteroatoms. The quantitative estimate of drug-likeness (QED) is 0.814. The normalized spacial score (nSPS) is 23.0. The van der Waals surface area contributed by atoms with Gasteiger partial charge in [-0.2, -0.15) is 0 Å². The van der Waals surface area contributed by atoms with E-state index in [1.165, 1.54) is 0 Å². The van der Waals surface area contributed by atoms with Crippen molar-refractivity contribution in [1.29, 1.82) is 0 Å². The predicted molar refractivity (Wildman–Crippen MR) is 91.4 cm³/mol. The Morgan fingerprint density at radius 3 is 2.79 bits per heavy atom. The second kappa shape index (κ2) is 7.51. The Labute approximate surface area is 142 Å². The molecule has 3 rings (SSSR count). The van der Waals surface area contributed by atoms with E-state index >= 15 is 0 Å². The molecule has 1 saturated heterocycles. The average Bonchev–Trinajstić information content (AvgIpc) is 2.94. The van der Waals surface area contributed by atoms with Crippen molar-refractivity contribution in [1.82, 2.24) is 10.2 Å². The maximum atomic E-state index is 12.3. The van der Waals surface area contributed by atoms with Crippen molar-refractivity contribution in [3.8, 4) is 5.75 Å². The maximum Gasteiger partial charge on any atom is 0.243 e. The van der Waals surface area contributed by atoms with Crippen molar-refractivity contribution in [2.24, 2.45) is 5.92 Å². The highest BCUT2D eigenvalue weighted by Crippen LogP contribution is 2.27. The van der Waals surface area contributed by atoms with Crippen LogP contribution in [0.3, 0.4) is 0 Å². The van der Waals surface area contributed by atoms with Gasteiger partial charge < -0.3 is 15.0 Å². The van der Waals surface area contributed by atoms with Crippen molar-refractivity contribution in [2.75, 3.05) is 13.2 Å². The summed E-state index contributed by atoms with van der Waals surface area (Å²) in [6, 6.07) is 7.53. The Morgan fingerprint density at radius 2 is 2.04 bits per heavy atom. The highest BCUT2D eigenvalue weighted by Gasteiger charge is 2.40. The highest BCUT2D eigenvalue weighted by molar-refractivity contribution is 5.95. The van der Waals surface area contributed by atoms with Crippen molar-refractivity contribution in [3.05, 3.63) is 42.1 Å². The number of rotatable bonds is 6. The minimum atomic E-state index is -0.416. The van der Waals surface area contributed by atoms with Crippen LogP contribution in [0, 0.1) is 5.92 Å². The molecule has 1 aromatic rings. The number of unbranched alkanes of at least 4 members (excludes halogenated alkanes) is 1. The van der Waals surface area contributed by atoms with Gasteiger partial charge in [0.1, 0.15) is 17.6 Å². The SMILES string of the molecule is CCCCOc1ccc(CN2C=CC3C(=O)CCNC(=O)C32)cc1. The van der Waals surface area contributed by atoms with Gasteiger partial charge in [-0.15, -0.1) is 0 Å². The number of ketones is 1. The smallest absolute Gasteiger partial charge is 0.243 e. The number of fused-ring (bicyclic) bond motifs is 1. The largest absolute Gasteiger partial charge is 0.494 e. The van der Waals surface area contributed by atoms with Gasteiger partial charge in [-0.05, 0) is 30.3 Å². The van der Waals surface area contributed by atoms with Crippen molar-refractivity contribution in [2.45, 2.75) is 38.8 Å². The number of Topliss-reactive ketones (excluding diaryl/α,β-unsaturated/α-hetero) is 1. The molecule has 2 heterocycles. The van der Waals surface area contributed by atoms with E-state index in [1.54, 1.807) is 0 Å². The molecule has 0 radical (unpaired) electrons. The molecule has 1 N–H and O–H groups in total. The van der Waals surface area contributed by atoms with Crippen molar-refractivity contribution < 1.29 is 14.3 Å². The minimum absolute atomic E-state index is 0.0598. The fourth-order valence-corrected chi connectivity index (χ4v) is 3.17. The topological polar surface area (TPSA) is 58.6 Å². The van der Waals surface area contributed by atoms with E-state index in [1.807, 2.05) is 41.4 Å². The molecule has 2 unspecified atom stereocenters. The first kappa shape index (κ1) is 16.6.